The largest absolute Gasteiger partial charge is 0.356 e. The highest BCUT2D eigenvalue weighted by atomic mass is 32.2. The molecule has 3 rings (SSSR count). The van der Waals surface area contributed by atoms with E-state index in [1.54, 1.807) is 12.1 Å². The zero-order valence-electron chi connectivity index (χ0n) is 12.2. The molecule has 1 aliphatic rings. The molecule has 118 valence electrons. The summed E-state index contributed by atoms with van der Waals surface area (Å²) in [6.07, 6.45) is 0. The van der Waals surface area contributed by atoms with E-state index in [1.807, 2.05) is 25.1 Å². The van der Waals surface area contributed by atoms with Crippen LogP contribution < -0.4 is 16.0 Å². The summed E-state index contributed by atoms with van der Waals surface area (Å²) in [7, 11) is 0. The molecule has 1 atom stereocenters. The van der Waals surface area contributed by atoms with E-state index in [0.717, 1.165) is 16.1 Å². The summed E-state index contributed by atoms with van der Waals surface area (Å²) in [6, 6.07) is 11.7. The maximum absolute atomic E-state index is 12.0. The first-order valence-electron chi connectivity index (χ1n) is 6.87. The SMILES string of the molecule is Cc1cccc(NC(=O)NC2Nc3ccc([N+](=O)[O-])cc3S2)c1. The van der Waals surface area contributed by atoms with E-state index < -0.39 is 4.92 Å². The van der Waals surface area contributed by atoms with Crippen LogP contribution in [-0.2, 0) is 0 Å². The Kier molecular flexibility index (Phi) is 4.07. The monoisotopic (exact) mass is 330 g/mol. The molecular formula is C15H14N4O3S. The second-order valence-corrected chi connectivity index (χ2v) is 6.19. The summed E-state index contributed by atoms with van der Waals surface area (Å²) >= 11 is 1.32. The first-order valence-corrected chi connectivity index (χ1v) is 7.75. The fourth-order valence-corrected chi connectivity index (χ4v) is 3.26. The number of nitrogens with one attached hydrogen (secondary N) is 3. The van der Waals surface area contributed by atoms with Gasteiger partial charge in [0.2, 0.25) is 0 Å². The molecule has 1 heterocycles. The number of non-ortho nitro benzene ring substituents is 1. The number of hydrogen-bond acceptors (Lipinski definition) is 5. The van der Waals surface area contributed by atoms with Crippen LogP contribution >= 0.6 is 11.8 Å². The number of nitro benzene ring substituents is 1. The molecule has 0 saturated heterocycles. The minimum absolute atomic E-state index is 0.0305. The predicted molar refractivity (Wildman–Crippen MR) is 89.7 cm³/mol. The number of amides is 2. The Morgan fingerprint density at radius 1 is 1.30 bits per heavy atom. The number of anilines is 2. The Morgan fingerprint density at radius 2 is 2.13 bits per heavy atom. The molecule has 2 aromatic carbocycles. The van der Waals surface area contributed by atoms with Crippen LogP contribution in [0, 0.1) is 17.0 Å². The van der Waals surface area contributed by atoms with Crippen LogP contribution in [0.3, 0.4) is 0 Å². The second kappa shape index (κ2) is 6.17. The molecule has 0 radical (unpaired) electrons. The van der Waals surface area contributed by atoms with Crippen molar-refractivity contribution in [2.45, 2.75) is 17.3 Å². The van der Waals surface area contributed by atoms with Gasteiger partial charge in [0.05, 0.1) is 10.6 Å². The predicted octanol–water partition coefficient (Wildman–Crippen LogP) is 3.53. The van der Waals surface area contributed by atoms with Crippen molar-refractivity contribution >= 4 is 34.9 Å². The van der Waals surface area contributed by atoms with Crippen LogP contribution in [0.15, 0.2) is 47.4 Å². The van der Waals surface area contributed by atoms with Crippen molar-refractivity contribution in [3.8, 4) is 0 Å². The van der Waals surface area contributed by atoms with Gasteiger partial charge in [0.25, 0.3) is 5.69 Å². The molecule has 0 spiro atoms. The number of thioether (sulfide) groups is 1. The molecule has 0 aromatic heterocycles. The highest BCUT2D eigenvalue weighted by Crippen LogP contribution is 2.39. The molecule has 1 unspecified atom stereocenters. The summed E-state index contributed by atoms with van der Waals surface area (Å²) in [5.41, 5.74) is 2.18. The van der Waals surface area contributed by atoms with Gasteiger partial charge in [0, 0.05) is 22.7 Å². The summed E-state index contributed by atoms with van der Waals surface area (Å²) in [6.45, 7) is 1.95. The number of urea groups is 1. The van der Waals surface area contributed by atoms with E-state index in [9.17, 15) is 14.9 Å². The molecule has 1 aliphatic heterocycles. The quantitative estimate of drug-likeness (QED) is 0.591. The number of nitrogens with zero attached hydrogens (tertiary/aromatic N) is 1. The number of fused-ring (bicyclic) bond motifs is 1. The molecule has 0 aliphatic carbocycles. The van der Waals surface area contributed by atoms with Crippen LogP contribution in [0.1, 0.15) is 5.56 Å². The third-order valence-electron chi connectivity index (χ3n) is 3.25. The van der Waals surface area contributed by atoms with Gasteiger partial charge in [-0.25, -0.2) is 4.79 Å². The average molecular weight is 330 g/mol. The summed E-state index contributed by atoms with van der Waals surface area (Å²) in [4.78, 5) is 23.1. The van der Waals surface area contributed by atoms with Gasteiger partial charge in [-0.1, -0.05) is 23.9 Å². The van der Waals surface area contributed by atoms with Gasteiger partial charge in [0.15, 0.2) is 5.50 Å². The molecule has 2 amide bonds. The number of benzene rings is 2. The first-order chi connectivity index (χ1) is 11.0. The van der Waals surface area contributed by atoms with Gasteiger partial charge in [-0.15, -0.1) is 0 Å². The van der Waals surface area contributed by atoms with Crippen molar-refractivity contribution in [1.29, 1.82) is 0 Å². The van der Waals surface area contributed by atoms with E-state index in [-0.39, 0.29) is 17.2 Å². The van der Waals surface area contributed by atoms with Crippen molar-refractivity contribution in [2.24, 2.45) is 0 Å². The van der Waals surface area contributed by atoms with E-state index in [1.165, 1.54) is 23.9 Å². The molecule has 0 fully saturated rings. The maximum Gasteiger partial charge on any atom is 0.321 e. The Labute approximate surface area is 136 Å². The van der Waals surface area contributed by atoms with Gasteiger partial charge in [0.1, 0.15) is 0 Å². The third-order valence-corrected chi connectivity index (χ3v) is 4.31. The molecule has 0 bridgehead atoms. The van der Waals surface area contributed by atoms with Gasteiger partial charge in [-0.2, -0.15) is 0 Å². The van der Waals surface area contributed by atoms with Crippen LogP contribution in [0.5, 0.6) is 0 Å². The third kappa shape index (κ3) is 3.54. The lowest BCUT2D eigenvalue weighted by atomic mass is 10.2. The number of nitro groups is 1. The van der Waals surface area contributed by atoms with Gasteiger partial charge < -0.3 is 16.0 Å². The topological polar surface area (TPSA) is 96.3 Å². The fraction of sp³-hybridized carbons (Fsp3) is 0.133. The van der Waals surface area contributed by atoms with E-state index in [0.29, 0.717) is 5.69 Å². The Balaban J connectivity index is 1.61. The standard InChI is InChI=1S/C15H14N4O3S/c1-9-3-2-4-10(7-9)16-14(20)18-15-17-12-6-5-11(19(21)22)8-13(12)23-15/h2-8,15,17H,1H3,(H2,16,18,20). The average Bonchev–Trinajstić information content (AvgIpc) is 2.87. The Bertz CT molecular complexity index is 781. The summed E-state index contributed by atoms with van der Waals surface area (Å²) in [5.74, 6) is 0. The van der Waals surface area contributed by atoms with Crippen molar-refractivity contribution in [2.75, 3.05) is 10.6 Å². The van der Waals surface area contributed by atoms with Gasteiger partial charge in [-0.05, 0) is 30.7 Å². The molecular weight excluding hydrogens is 316 g/mol. The number of hydrogen-bond donors (Lipinski definition) is 3. The van der Waals surface area contributed by atoms with Crippen molar-refractivity contribution in [3.63, 3.8) is 0 Å². The fourth-order valence-electron chi connectivity index (χ4n) is 2.21. The number of rotatable bonds is 3. The minimum Gasteiger partial charge on any atom is -0.356 e. The van der Waals surface area contributed by atoms with Gasteiger partial charge >= 0.3 is 6.03 Å². The normalized spacial score (nSPS) is 15.4. The zero-order chi connectivity index (χ0) is 16.4. The molecule has 0 saturated carbocycles. The van der Waals surface area contributed by atoms with Crippen molar-refractivity contribution in [1.82, 2.24) is 5.32 Å². The highest BCUT2D eigenvalue weighted by molar-refractivity contribution is 8.00. The minimum atomic E-state index is -0.438. The lowest BCUT2D eigenvalue weighted by molar-refractivity contribution is -0.385. The van der Waals surface area contributed by atoms with Crippen LogP contribution in [0.2, 0.25) is 0 Å². The second-order valence-electron chi connectivity index (χ2n) is 5.05. The van der Waals surface area contributed by atoms with E-state index in [2.05, 4.69) is 16.0 Å². The van der Waals surface area contributed by atoms with Crippen LogP contribution in [-0.4, -0.2) is 16.5 Å². The summed E-state index contributed by atoms with van der Waals surface area (Å²) in [5, 5.41) is 19.4. The van der Waals surface area contributed by atoms with Crippen LogP contribution in [0.25, 0.3) is 0 Å². The summed E-state index contributed by atoms with van der Waals surface area (Å²) < 4.78 is 0. The molecule has 2 aromatic rings. The van der Waals surface area contributed by atoms with Crippen molar-refractivity contribution in [3.05, 3.63) is 58.1 Å². The van der Waals surface area contributed by atoms with Crippen LogP contribution in [0.4, 0.5) is 21.9 Å². The molecule has 3 N–H and O–H groups in total. The first kappa shape index (κ1) is 15.2. The molecule has 23 heavy (non-hydrogen) atoms. The number of carbonyl (C=O) groups excluding carboxylic acids is 1. The van der Waals surface area contributed by atoms with Crippen molar-refractivity contribution < 1.29 is 9.72 Å². The highest BCUT2D eigenvalue weighted by Gasteiger charge is 2.24. The maximum atomic E-state index is 12.0. The zero-order valence-corrected chi connectivity index (χ0v) is 13.0. The smallest absolute Gasteiger partial charge is 0.321 e. The van der Waals surface area contributed by atoms with E-state index >= 15 is 0 Å². The number of carbonyl (C=O) groups is 1. The Hall–Kier alpha value is -2.74. The number of aryl methyl sites for hydroxylation is 1. The van der Waals surface area contributed by atoms with Gasteiger partial charge in [-0.3, -0.25) is 10.1 Å². The lowest BCUT2D eigenvalue weighted by Crippen LogP contribution is -2.38. The lowest BCUT2D eigenvalue weighted by Gasteiger charge is -2.13. The Morgan fingerprint density at radius 3 is 2.87 bits per heavy atom. The molecule has 7 nitrogen and oxygen atoms in total. The molecule has 8 heteroatoms. The van der Waals surface area contributed by atoms with E-state index in [4.69, 9.17) is 0 Å².